The molecule has 3 rings (SSSR count). The lowest BCUT2D eigenvalue weighted by Crippen LogP contribution is -2.31. The highest BCUT2D eigenvalue weighted by Gasteiger charge is 2.27. The van der Waals surface area contributed by atoms with Crippen LogP contribution < -0.4 is 13.8 Å². The quantitative estimate of drug-likeness (QED) is 0.503. The molecule has 0 bridgehead atoms. The molecule has 3 aromatic carbocycles. The average Bonchev–Trinajstić information content (AvgIpc) is 2.73. The maximum atomic E-state index is 13.6. The van der Waals surface area contributed by atoms with E-state index in [4.69, 9.17) is 9.47 Å². The van der Waals surface area contributed by atoms with Crippen LogP contribution in [0.1, 0.15) is 5.56 Å². The Labute approximate surface area is 173 Å². The number of benzene rings is 3. The van der Waals surface area contributed by atoms with E-state index >= 15 is 0 Å². The number of halogens is 1. The van der Waals surface area contributed by atoms with Gasteiger partial charge in [-0.2, -0.15) is 0 Å². The molecule has 0 heterocycles. The molecule has 0 spiro atoms. The van der Waals surface area contributed by atoms with Crippen LogP contribution in [0.4, 0.5) is 5.69 Å². The molecule has 0 aliphatic carbocycles. The maximum absolute atomic E-state index is 13.6. The molecule has 0 atom stereocenters. The van der Waals surface area contributed by atoms with Crippen LogP contribution in [0.25, 0.3) is 0 Å². The van der Waals surface area contributed by atoms with Crippen LogP contribution in [0.3, 0.4) is 0 Å². The monoisotopic (exact) mass is 461 g/mol. The molecular weight excluding hydrogens is 442 g/mol. The summed E-state index contributed by atoms with van der Waals surface area (Å²) >= 11 is 3.48. The van der Waals surface area contributed by atoms with Crippen LogP contribution in [0.2, 0.25) is 0 Å². The van der Waals surface area contributed by atoms with Gasteiger partial charge in [0.25, 0.3) is 10.0 Å². The summed E-state index contributed by atoms with van der Waals surface area (Å²) in [7, 11) is -0.812. The topological polar surface area (TPSA) is 55.8 Å². The summed E-state index contributed by atoms with van der Waals surface area (Å²) in [6.45, 7) is 0.173. The number of hydrogen-bond acceptors (Lipinski definition) is 4. The number of hydrogen-bond donors (Lipinski definition) is 0. The van der Waals surface area contributed by atoms with Crippen molar-refractivity contribution >= 4 is 31.6 Å². The van der Waals surface area contributed by atoms with Crippen LogP contribution in [-0.2, 0) is 16.6 Å². The van der Waals surface area contributed by atoms with E-state index in [1.54, 1.807) is 43.5 Å². The molecule has 146 valence electrons. The van der Waals surface area contributed by atoms with Gasteiger partial charge in [0.1, 0.15) is 11.5 Å². The Bertz CT molecular complexity index is 1060. The van der Waals surface area contributed by atoms with Crippen molar-refractivity contribution in [2.75, 3.05) is 18.5 Å². The van der Waals surface area contributed by atoms with Gasteiger partial charge in [-0.25, -0.2) is 8.42 Å². The highest BCUT2D eigenvalue weighted by atomic mass is 79.9. The molecule has 0 saturated carbocycles. The second-order valence-corrected chi connectivity index (χ2v) is 8.71. The minimum atomic E-state index is -3.86. The van der Waals surface area contributed by atoms with Gasteiger partial charge in [0, 0.05) is 16.6 Å². The van der Waals surface area contributed by atoms with Crippen molar-refractivity contribution in [3.8, 4) is 11.5 Å². The van der Waals surface area contributed by atoms with Crippen molar-refractivity contribution < 1.29 is 17.9 Å². The molecule has 3 aromatic rings. The predicted molar refractivity (Wildman–Crippen MR) is 113 cm³/mol. The minimum Gasteiger partial charge on any atom is -0.497 e. The lowest BCUT2D eigenvalue weighted by molar-refractivity contribution is 0.413. The van der Waals surface area contributed by atoms with Crippen LogP contribution >= 0.6 is 15.9 Å². The molecule has 0 aliphatic rings. The molecule has 0 amide bonds. The molecule has 0 unspecified atom stereocenters. The molecular formula is C21H20BrNO4S. The molecule has 0 saturated heterocycles. The van der Waals surface area contributed by atoms with Gasteiger partial charge < -0.3 is 9.47 Å². The van der Waals surface area contributed by atoms with E-state index in [2.05, 4.69) is 15.9 Å². The van der Waals surface area contributed by atoms with E-state index < -0.39 is 10.0 Å². The lowest BCUT2D eigenvalue weighted by atomic mass is 10.2. The molecule has 0 aromatic heterocycles. The fourth-order valence-corrected chi connectivity index (χ4v) is 4.83. The Morgan fingerprint density at radius 2 is 1.54 bits per heavy atom. The summed E-state index contributed by atoms with van der Waals surface area (Å²) in [5.74, 6) is 1.04. The van der Waals surface area contributed by atoms with Crippen molar-refractivity contribution in [1.82, 2.24) is 0 Å². The lowest BCUT2D eigenvalue weighted by Gasteiger charge is -2.26. The summed E-state index contributed by atoms with van der Waals surface area (Å²) in [6, 6.07) is 21.1. The zero-order chi connectivity index (χ0) is 20.1. The third kappa shape index (κ3) is 4.31. The maximum Gasteiger partial charge on any atom is 0.264 e. The van der Waals surface area contributed by atoms with Crippen molar-refractivity contribution in [2.45, 2.75) is 11.4 Å². The number of ether oxygens (including phenoxy) is 2. The van der Waals surface area contributed by atoms with Gasteiger partial charge in [0.15, 0.2) is 0 Å². The first-order valence-corrected chi connectivity index (χ1v) is 10.7. The van der Waals surface area contributed by atoms with E-state index in [1.165, 1.54) is 17.5 Å². The summed E-state index contributed by atoms with van der Waals surface area (Å²) in [5, 5.41) is 0. The minimum absolute atomic E-state index is 0.150. The second kappa shape index (κ2) is 8.67. The Morgan fingerprint density at radius 1 is 0.857 bits per heavy atom. The largest absolute Gasteiger partial charge is 0.497 e. The van der Waals surface area contributed by atoms with Gasteiger partial charge in [0.05, 0.1) is 31.3 Å². The average molecular weight is 462 g/mol. The van der Waals surface area contributed by atoms with E-state index in [0.29, 0.717) is 21.7 Å². The van der Waals surface area contributed by atoms with Crippen LogP contribution in [0.5, 0.6) is 11.5 Å². The zero-order valence-corrected chi connectivity index (χ0v) is 17.9. The molecule has 0 N–H and O–H groups in total. The zero-order valence-electron chi connectivity index (χ0n) is 15.5. The first-order chi connectivity index (χ1) is 13.5. The van der Waals surface area contributed by atoms with Crippen molar-refractivity contribution in [3.63, 3.8) is 0 Å². The summed E-state index contributed by atoms with van der Waals surface area (Å²) < 4.78 is 39.6. The van der Waals surface area contributed by atoms with Gasteiger partial charge in [-0.05, 0) is 45.8 Å². The second-order valence-electron chi connectivity index (χ2n) is 5.99. The first kappa shape index (κ1) is 20.2. The molecule has 5 nitrogen and oxygen atoms in total. The molecule has 28 heavy (non-hydrogen) atoms. The third-order valence-corrected chi connectivity index (χ3v) is 6.65. The molecule has 0 aliphatic heterocycles. The van der Waals surface area contributed by atoms with Crippen molar-refractivity contribution in [2.24, 2.45) is 0 Å². The van der Waals surface area contributed by atoms with Gasteiger partial charge in [-0.1, -0.05) is 36.4 Å². The Morgan fingerprint density at radius 3 is 2.21 bits per heavy atom. The van der Waals surface area contributed by atoms with Gasteiger partial charge >= 0.3 is 0 Å². The van der Waals surface area contributed by atoms with E-state index in [0.717, 1.165) is 5.56 Å². The van der Waals surface area contributed by atoms with E-state index in [1.807, 2.05) is 30.3 Å². The third-order valence-electron chi connectivity index (χ3n) is 4.22. The highest BCUT2D eigenvalue weighted by Crippen LogP contribution is 2.35. The fraction of sp³-hybridized carbons (Fsp3) is 0.143. The fourth-order valence-electron chi connectivity index (χ4n) is 2.75. The van der Waals surface area contributed by atoms with E-state index in [-0.39, 0.29) is 11.4 Å². The molecule has 0 fully saturated rings. The Balaban J connectivity index is 2.15. The van der Waals surface area contributed by atoms with Crippen LogP contribution in [0.15, 0.2) is 82.2 Å². The predicted octanol–water partition coefficient (Wildman–Crippen LogP) is 4.86. The normalized spacial score (nSPS) is 11.1. The van der Waals surface area contributed by atoms with Crippen molar-refractivity contribution in [1.29, 1.82) is 0 Å². The Kier molecular flexibility index (Phi) is 6.26. The smallest absolute Gasteiger partial charge is 0.264 e. The molecule has 7 heteroatoms. The number of rotatable bonds is 7. The van der Waals surface area contributed by atoms with Crippen LogP contribution in [0, 0.1) is 0 Å². The number of methoxy groups -OCH3 is 2. The number of nitrogens with zero attached hydrogens (tertiary/aromatic N) is 1. The van der Waals surface area contributed by atoms with Gasteiger partial charge in [0.2, 0.25) is 0 Å². The summed E-state index contributed by atoms with van der Waals surface area (Å²) in [6.07, 6.45) is 0. The standard InChI is InChI=1S/C21H20BrNO4S/c1-26-17-9-6-10-19(13-17)28(24,25)23(15-16-7-4-3-5-8-16)21-14-18(27-2)11-12-20(21)22/h3-14H,15H2,1-2H3. The Hall–Kier alpha value is -2.51. The number of sulfonamides is 1. The van der Waals surface area contributed by atoms with Gasteiger partial charge in [-0.15, -0.1) is 0 Å². The van der Waals surface area contributed by atoms with Crippen molar-refractivity contribution in [3.05, 3.63) is 82.8 Å². The summed E-state index contributed by atoms with van der Waals surface area (Å²) in [5.41, 5.74) is 1.36. The van der Waals surface area contributed by atoms with Crippen LogP contribution in [-0.4, -0.2) is 22.6 Å². The highest BCUT2D eigenvalue weighted by molar-refractivity contribution is 9.10. The number of anilines is 1. The molecule has 0 radical (unpaired) electrons. The van der Waals surface area contributed by atoms with Gasteiger partial charge in [-0.3, -0.25) is 4.31 Å². The van der Waals surface area contributed by atoms with E-state index in [9.17, 15) is 8.42 Å². The first-order valence-electron chi connectivity index (χ1n) is 8.50. The SMILES string of the molecule is COc1cccc(S(=O)(=O)N(Cc2ccccc2)c2cc(OC)ccc2Br)c1. The summed E-state index contributed by atoms with van der Waals surface area (Å²) in [4.78, 5) is 0.150.